The number of hydrogen-bond acceptors (Lipinski definition) is 3. The highest BCUT2D eigenvalue weighted by Gasteiger charge is 2.15. The lowest BCUT2D eigenvalue weighted by Gasteiger charge is -2.27. The molecular formula is C20H33FN4O. The van der Waals surface area contributed by atoms with Crippen LogP contribution < -0.4 is 10.2 Å². The second-order valence-corrected chi connectivity index (χ2v) is 6.99. The Kier molecular flexibility index (Phi) is 8.68. The molecule has 0 spiro atoms. The van der Waals surface area contributed by atoms with Crippen molar-refractivity contribution < 1.29 is 9.13 Å². The molecule has 1 aromatic carbocycles. The van der Waals surface area contributed by atoms with Crippen LogP contribution in [0, 0.1) is 11.7 Å². The van der Waals surface area contributed by atoms with Gasteiger partial charge in [-0.2, -0.15) is 0 Å². The van der Waals surface area contributed by atoms with Gasteiger partial charge in [-0.05, 0) is 49.8 Å². The molecular weight excluding hydrogens is 331 g/mol. The van der Waals surface area contributed by atoms with Crippen LogP contribution in [-0.4, -0.2) is 64.9 Å². The molecule has 1 fully saturated rings. The first-order chi connectivity index (χ1) is 12.6. The lowest BCUT2D eigenvalue weighted by molar-refractivity contribution is 0.0625. The Hall–Kier alpha value is -1.82. The lowest BCUT2D eigenvalue weighted by Crippen LogP contribution is -2.41. The fourth-order valence-corrected chi connectivity index (χ4v) is 3.26. The molecule has 5 nitrogen and oxygen atoms in total. The quantitative estimate of drug-likeness (QED) is 0.437. The molecule has 0 radical (unpaired) electrons. The van der Waals surface area contributed by atoms with Crippen LogP contribution in [0.2, 0.25) is 0 Å². The van der Waals surface area contributed by atoms with Crippen LogP contribution in [0.25, 0.3) is 0 Å². The van der Waals surface area contributed by atoms with Crippen LogP contribution in [0.3, 0.4) is 0 Å². The molecule has 0 amide bonds. The molecule has 2 rings (SSSR count). The second-order valence-electron chi connectivity index (χ2n) is 6.99. The van der Waals surface area contributed by atoms with E-state index < -0.39 is 0 Å². The summed E-state index contributed by atoms with van der Waals surface area (Å²) in [5.74, 6) is 1.51. The third-order valence-electron chi connectivity index (χ3n) is 4.99. The molecule has 0 atom stereocenters. The molecule has 0 bridgehead atoms. The minimum absolute atomic E-state index is 0.195. The number of benzene rings is 1. The molecule has 1 aliphatic rings. The molecule has 146 valence electrons. The zero-order valence-electron chi connectivity index (χ0n) is 16.4. The molecule has 0 saturated carbocycles. The second kappa shape index (κ2) is 11.0. The maximum absolute atomic E-state index is 13.3. The highest BCUT2D eigenvalue weighted by molar-refractivity contribution is 5.79. The molecule has 1 saturated heterocycles. The van der Waals surface area contributed by atoms with Gasteiger partial charge in [-0.25, -0.2) is 4.39 Å². The summed E-state index contributed by atoms with van der Waals surface area (Å²) < 4.78 is 18.7. The minimum atomic E-state index is -0.195. The van der Waals surface area contributed by atoms with Crippen LogP contribution in [0.1, 0.15) is 25.7 Å². The van der Waals surface area contributed by atoms with E-state index in [-0.39, 0.29) is 5.82 Å². The maximum atomic E-state index is 13.3. The van der Waals surface area contributed by atoms with Gasteiger partial charge in [-0.1, -0.05) is 6.07 Å². The van der Waals surface area contributed by atoms with Gasteiger partial charge in [0.15, 0.2) is 5.96 Å². The van der Waals surface area contributed by atoms with Crippen molar-refractivity contribution in [2.75, 3.05) is 58.9 Å². The van der Waals surface area contributed by atoms with E-state index in [1.807, 2.05) is 20.2 Å². The molecule has 0 aromatic heterocycles. The molecule has 1 N–H and O–H groups in total. The van der Waals surface area contributed by atoms with Gasteiger partial charge in [0.25, 0.3) is 0 Å². The number of halogens is 1. The highest BCUT2D eigenvalue weighted by atomic mass is 19.1. The van der Waals surface area contributed by atoms with Gasteiger partial charge >= 0.3 is 0 Å². The van der Waals surface area contributed by atoms with E-state index >= 15 is 0 Å². The summed E-state index contributed by atoms with van der Waals surface area (Å²) in [5, 5.41) is 3.43. The third-order valence-corrected chi connectivity index (χ3v) is 4.99. The summed E-state index contributed by atoms with van der Waals surface area (Å²) >= 11 is 0. The van der Waals surface area contributed by atoms with Crippen molar-refractivity contribution in [1.82, 2.24) is 10.2 Å². The van der Waals surface area contributed by atoms with Crippen LogP contribution in [-0.2, 0) is 4.74 Å². The van der Waals surface area contributed by atoms with Gasteiger partial charge in [0.1, 0.15) is 5.82 Å². The number of ether oxygens (including phenoxy) is 1. The Morgan fingerprint density at radius 1 is 1.27 bits per heavy atom. The number of anilines is 1. The Bertz CT molecular complexity index is 560. The average Bonchev–Trinajstić information content (AvgIpc) is 2.67. The summed E-state index contributed by atoms with van der Waals surface area (Å²) in [5.41, 5.74) is 0.906. The molecule has 0 aliphatic carbocycles. The SMILES string of the molecule is CN=C(NCCCN(C)c1cccc(F)c1)N(C)CCC1CCOCC1. The predicted molar refractivity (Wildman–Crippen MR) is 106 cm³/mol. The molecule has 1 aromatic rings. The molecule has 1 aliphatic heterocycles. The maximum Gasteiger partial charge on any atom is 0.193 e. The summed E-state index contributed by atoms with van der Waals surface area (Å²) in [6.07, 6.45) is 4.49. The van der Waals surface area contributed by atoms with Crippen LogP contribution in [0.5, 0.6) is 0 Å². The van der Waals surface area contributed by atoms with E-state index in [2.05, 4.69) is 27.2 Å². The lowest BCUT2D eigenvalue weighted by atomic mass is 9.96. The van der Waals surface area contributed by atoms with E-state index in [1.54, 1.807) is 12.1 Å². The predicted octanol–water partition coefficient (Wildman–Crippen LogP) is 2.98. The highest BCUT2D eigenvalue weighted by Crippen LogP contribution is 2.18. The van der Waals surface area contributed by atoms with E-state index in [9.17, 15) is 4.39 Å². The smallest absolute Gasteiger partial charge is 0.193 e. The first-order valence-corrected chi connectivity index (χ1v) is 9.56. The normalized spacial score (nSPS) is 15.8. The Balaban J connectivity index is 1.66. The van der Waals surface area contributed by atoms with Crippen molar-refractivity contribution in [3.05, 3.63) is 30.1 Å². The molecule has 6 heteroatoms. The van der Waals surface area contributed by atoms with Crippen LogP contribution in [0.4, 0.5) is 10.1 Å². The fourth-order valence-electron chi connectivity index (χ4n) is 3.26. The van der Waals surface area contributed by atoms with Crippen LogP contribution >= 0.6 is 0 Å². The van der Waals surface area contributed by atoms with Gasteiger partial charge in [0, 0.05) is 59.7 Å². The Morgan fingerprint density at radius 2 is 2.04 bits per heavy atom. The van der Waals surface area contributed by atoms with Crippen molar-refractivity contribution in [1.29, 1.82) is 0 Å². The van der Waals surface area contributed by atoms with Crippen molar-refractivity contribution in [3.8, 4) is 0 Å². The zero-order valence-corrected chi connectivity index (χ0v) is 16.4. The summed E-state index contributed by atoms with van der Waals surface area (Å²) in [6, 6.07) is 6.71. The molecule has 26 heavy (non-hydrogen) atoms. The van der Waals surface area contributed by atoms with Crippen molar-refractivity contribution in [2.45, 2.75) is 25.7 Å². The van der Waals surface area contributed by atoms with Gasteiger partial charge in [-0.3, -0.25) is 4.99 Å². The van der Waals surface area contributed by atoms with Gasteiger partial charge in [0.2, 0.25) is 0 Å². The van der Waals surface area contributed by atoms with Gasteiger partial charge < -0.3 is 19.9 Å². The minimum Gasteiger partial charge on any atom is -0.381 e. The topological polar surface area (TPSA) is 40.1 Å². The first-order valence-electron chi connectivity index (χ1n) is 9.56. The largest absolute Gasteiger partial charge is 0.381 e. The number of aliphatic imine (C=N–C) groups is 1. The third kappa shape index (κ3) is 6.83. The number of nitrogens with zero attached hydrogens (tertiary/aromatic N) is 3. The monoisotopic (exact) mass is 364 g/mol. The van der Waals surface area contributed by atoms with Gasteiger partial charge in [0.05, 0.1) is 0 Å². The van der Waals surface area contributed by atoms with E-state index in [4.69, 9.17) is 4.74 Å². The summed E-state index contributed by atoms with van der Waals surface area (Å²) in [6.45, 7) is 4.51. The standard InChI is InChI=1S/C20H33FN4O/c1-22-20(25(3)13-8-17-9-14-26-15-10-17)23-11-5-12-24(2)19-7-4-6-18(21)16-19/h4,6-7,16-17H,5,8-15H2,1-3H3,(H,22,23). The van der Waals surface area contributed by atoms with Crippen molar-refractivity contribution in [2.24, 2.45) is 10.9 Å². The average molecular weight is 365 g/mol. The van der Waals surface area contributed by atoms with Crippen molar-refractivity contribution >= 4 is 11.6 Å². The fraction of sp³-hybridized carbons (Fsp3) is 0.650. The summed E-state index contributed by atoms with van der Waals surface area (Å²) in [7, 11) is 5.91. The zero-order chi connectivity index (χ0) is 18.8. The number of guanidine groups is 1. The molecule has 1 heterocycles. The van der Waals surface area contributed by atoms with Crippen LogP contribution in [0.15, 0.2) is 29.3 Å². The number of rotatable bonds is 8. The Labute approximate surface area is 157 Å². The van der Waals surface area contributed by atoms with Crippen molar-refractivity contribution in [3.63, 3.8) is 0 Å². The van der Waals surface area contributed by atoms with E-state index in [0.29, 0.717) is 0 Å². The Morgan fingerprint density at radius 3 is 2.73 bits per heavy atom. The van der Waals surface area contributed by atoms with Gasteiger partial charge in [-0.15, -0.1) is 0 Å². The number of hydrogen-bond donors (Lipinski definition) is 1. The first kappa shape index (κ1) is 20.5. The molecule has 0 unspecified atom stereocenters. The van der Waals surface area contributed by atoms with E-state index in [1.165, 1.54) is 25.3 Å². The summed E-state index contributed by atoms with van der Waals surface area (Å²) in [4.78, 5) is 8.65. The van der Waals surface area contributed by atoms with E-state index in [0.717, 1.165) is 56.8 Å². The number of nitrogens with one attached hydrogen (secondary N) is 1.